The molecule has 1 rings (SSSR count). The first-order valence-corrected chi connectivity index (χ1v) is 5.85. The topological polar surface area (TPSA) is 76.7 Å². The van der Waals surface area contributed by atoms with Crippen LogP contribution in [0.5, 0.6) is 0 Å². The van der Waals surface area contributed by atoms with Crippen LogP contribution >= 0.6 is 0 Å². The zero-order chi connectivity index (χ0) is 12.5. The highest BCUT2D eigenvalue weighted by Crippen LogP contribution is 2.28. The number of methoxy groups -OCH3 is 1. The van der Waals surface area contributed by atoms with Crippen molar-refractivity contribution in [2.24, 2.45) is 5.92 Å². The SMILES string of the molecule is COCCOCC(=O)NCCNC(=O)C1CC1. The lowest BCUT2D eigenvalue weighted by Crippen LogP contribution is -2.36. The molecule has 0 aromatic heterocycles. The number of hydrogen-bond donors (Lipinski definition) is 2. The number of amides is 2. The molecule has 0 aliphatic heterocycles. The lowest BCUT2D eigenvalue weighted by atomic mass is 10.4. The third-order valence-corrected chi connectivity index (χ3v) is 2.36. The van der Waals surface area contributed by atoms with E-state index in [9.17, 15) is 9.59 Å². The van der Waals surface area contributed by atoms with Crippen LogP contribution in [0.2, 0.25) is 0 Å². The predicted octanol–water partition coefficient (Wildman–Crippen LogP) is -0.708. The van der Waals surface area contributed by atoms with Crippen LogP contribution in [0.3, 0.4) is 0 Å². The highest BCUT2D eigenvalue weighted by Gasteiger charge is 2.28. The van der Waals surface area contributed by atoms with Gasteiger partial charge in [0.05, 0.1) is 13.2 Å². The summed E-state index contributed by atoms with van der Waals surface area (Å²) in [6, 6.07) is 0. The zero-order valence-electron chi connectivity index (χ0n) is 10.2. The van der Waals surface area contributed by atoms with Gasteiger partial charge in [0.25, 0.3) is 0 Å². The van der Waals surface area contributed by atoms with Crippen molar-refractivity contribution >= 4 is 11.8 Å². The summed E-state index contributed by atoms with van der Waals surface area (Å²) in [5, 5.41) is 5.42. The van der Waals surface area contributed by atoms with Crippen molar-refractivity contribution in [2.45, 2.75) is 12.8 Å². The van der Waals surface area contributed by atoms with Gasteiger partial charge in [-0.15, -0.1) is 0 Å². The van der Waals surface area contributed by atoms with Crippen molar-refractivity contribution in [2.75, 3.05) is 40.0 Å². The molecule has 0 heterocycles. The number of ether oxygens (including phenoxy) is 2. The molecule has 1 fully saturated rings. The molecule has 2 amide bonds. The lowest BCUT2D eigenvalue weighted by Gasteiger charge is -2.07. The second-order valence-electron chi connectivity index (χ2n) is 3.96. The molecule has 17 heavy (non-hydrogen) atoms. The van der Waals surface area contributed by atoms with Gasteiger partial charge < -0.3 is 20.1 Å². The van der Waals surface area contributed by atoms with E-state index >= 15 is 0 Å². The molecule has 0 aromatic carbocycles. The Kier molecular flexibility index (Phi) is 6.57. The normalized spacial score (nSPS) is 14.4. The van der Waals surface area contributed by atoms with Crippen LogP contribution < -0.4 is 10.6 Å². The third-order valence-electron chi connectivity index (χ3n) is 2.36. The van der Waals surface area contributed by atoms with Gasteiger partial charge in [-0.1, -0.05) is 0 Å². The van der Waals surface area contributed by atoms with Gasteiger partial charge in [-0.3, -0.25) is 9.59 Å². The summed E-state index contributed by atoms with van der Waals surface area (Å²) in [6.07, 6.45) is 1.98. The molecule has 0 aromatic rings. The summed E-state index contributed by atoms with van der Waals surface area (Å²) >= 11 is 0. The molecule has 0 radical (unpaired) electrons. The van der Waals surface area contributed by atoms with E-state index in [2.05, 4.69) is 10.6 Å². The van der Waals surface area contributed by atoms with E-state index < -0.39 is 0 Å². The van der Waals surface area contributed by atoms with Crippen molar-refractivity contribution in [3.05, 3.63) is 0 Å². The molecule has 0 bridgehead atoms. The average Bonchev–Trinajstić information content (AvgIpc) is 3.14. The molecule has 2 N–H and O–H groups in total. The standard InChI is InChI=1S/C11H20N2O4/c1-16-6-7-17-8-10(14)12-4-5-13-11(15)9-2-3-9/h9H,2-8H2,1H3,(H,12,14)(H,13,15). The van der Waals surface area contributed by atoms with Crippen LogP contribution in [0.25, 0.3) is 0 Å². The minimum Gasteiger partial charge on any atom is -0.382 e. The van der Waals surface area contributed by atoms with E-state index in [4.69, 9.17) is 9.47 Å². The molecule has 0 unspecified atom stereocenters. The Morgan fingerprint density at radius 3 is 2.53 bits per heavy atom. The number of carbonyl (C=O) groups is 2. The van der Waals surface area contributed by atoms with E-state index in [0.29, 0.717) is 26.3 Å². The Morgan fingerprint density at radius 2 is 1.88 bits per heavy atom. The maximum absolute atomic E-state index is 11.2. The van der Waals surface area contributed by atoms with E-state index in [0.717, 1.165) is 12.8 Å². The molecule has 0 saturated heterocycles. The van der Waals surface area contributed by atoms with Gasteiger partial charge in [-0.25, -0.2) is 0 Å². The van der Waals surface area contributed by atoms with Crippen molar-refractivity contribution in [1.82, 2.24) is 10.6 Å². The molecule has 98 valence electrons. The second-order valence-corrected chi connectivity index (χ2v) is 3.96. The van der Waals surface area contributed by atoms with Gasteiger partial charge >= 0.3 is 0 Å². The summed E-state index contributed by atoms with van der Waals surface area (Å²) in [7, 11) is 1.58. The third kappa shape index (κ3) is 6.91. The molecular weight excluding hydrogens is 224 g/mol. The van der Waals surface area contributed by atoms with Crippen LogP contribution in [0, 0.1) is 5.92 Å². The first-order chi connectivity index (χ1) is 8.24. The maximum Gasteiger partial charge on any atom is 0.246 e. The van der Waals surface area contributed by atoms with Crippen LogP contribution in [-0.4, -0.2) is 51.8 Å². The number of hydrogen-bond acceptors (Lipinski definition) is 4. The molecule has 6 nitrogen and oxygen atoms in total. The molecule has 6 heteroatoms. The van der Waals surface area contributed by atoms with Crippen LogP contribution in [0.15, 0.2) is 0 Å². The van der Waals surface area contributed by atoms with E-state index in [-0.39, 0.29) is 24.3 Å². The van der Waals surface area contributed by atoms with Crippen molar-refractivity contribution in [3.63, 3.8) is 0 Å². The van der Waals surface area contributed by atoms with Gasteiger partial charge in [-0.05, 0) is 12.8 Å². The summed E-state index contributed by atoms with van der Waals surface area (Å²) < 4.78 is 9.81. The summed E-state index contributed by atoms with van der Waals surface area (Å²) in [4.78, 5) is 22.4. The van der Waals surface area contributed by atoms with E-state index in [1.807, 2.05) is 0 Å². The fourth-order valence-electron chi connectivity index (χ4n) is 1.24. The van der Waals surface area contributed by atoms with Crippen LogP contribution in [0.4, 0.5) is 0 Å². The van der Waals surface area contributed by atoms with Crippen molar-refractivity contribution < 1.29 is 19.1 Å². The molecule has 0 spiro atoms. The molecule has 1 aliphatic carbocycles. The van der Waals surface area contributed by atoms with Gasteiger partial charge in [0, 0.05) is 26.1 Å². The Labute approximate surface area is 101 Å². The Morgan fingerprint density at radius 1 is 1.18 bits per heavy atom. The molecular formula is C11H20N2O4. The monoisotopic (exact) mass is 244 g/mol. The molecule has 0 atom stereocenters. The second kappa shape index (κ2) is 8.03. The van der Waals surface area contributed by atoms with Crippen molar-refractivity contribution in [3.8, 4) is 0 Å². The molecule has 1 saturated carbocycles. The van der Waals surface area contributed by atoms with Gasteiger partial charge in [0.2, 0.25) is 11.8 Å². The van der Waals surface area contributed by atoms with Crippen LogP contribution in [-0.2, 0) is 19.1 Å². The highest BCUT2D eigenvalue weighted by atomic mass is 16.5. The average molecular weight is 244 g/mol. The Hall–Kier alpha value is -1.14. The quantitative estimate of drug-likeness (QED) is 0.525. The fourth-order valence-corrected chi connectivity index (χ4v) is 1.24. The van der Waals surface area contributed by atoms with Crippen molar-refractivity contribution in [1.29, 1.82) is 0 Å². The summed E-state index contributed by atoms with van der Waals surface area (Å²) in [5.74, 6) is 0.125. The smallest absolute Gasteiger partial charge is 0.246 e. The predicted molar refractivity (Wildman–Crippen MR) is 61.4 cm³/mol. The maximum atomic E-state index is 11.2. The fraction of sp³-hybridized carbons (Fsp3) is 0.818. The minimum absolute atomic E-state index is 0.0277. The first-order valence-electron chi connectivity index (χ1n) is 5.85. The van der Waals surface area contributed by atoms with E-state index in [1.165, 1.54) is 0 Å². The molecule has 1 aliphatic rings. The van der Waals surface area contributed by atoms with Gasteiger partial charge in [-0.2, -0.15) is 0 Å². The van der Waals surface area contributed by atoms with E-state index in [1.54, 1.807) is 7.11 Å². The number of rotatable bonds is 9. The summed E-state index contributed by atoms with van der Waals surface area (Å²) in [6.45, 7) is 1.82. The zero-order valence-corrected chi connectivity index (χ0v) is 10.2. The number of nitrogens with one attached hydrogen (secondary N) is 2. The minimum atomic E-state index is -0.179. The highest BCUT2D eigenvalue weighted by molar-refractivity contribution is 5.81. The summed E-state index contributed by atoms with van der Waals surface area (Å²) in [5.41, 5.74) is 0. The lowest BCUT2D eigenvalue weighted by molar-refractivity contribution is -0.126. The van der Waals surface area contributed by atoms with Gasteiger partial charge in [0.15, 0.2) is 0 Å². The number of carbonyl (C=O) groups excluding carboxylic acids is 2. The largest absolute Gasteiger partial charge is 0.382 e. The Bertz CT molecular complexity index is 254. The first kappa shape index (κ1) is 13.9. The Balaban J connectivity index is 1.87. The van der Waals surface area contributed by atoms with Crippen LogP contribution in [0.1, 0.15) is 12.8 Å². The van der Waals surface area contributed by atoms with Gasteiger partial charge in [0.1, 0.15) is 6.61 Å².